The van der Waals surface area contributed by atoms with Gasteiger partial charge in [-0.25, -0.2) is 0 Å². The summed E-state index contributed by atoms with van der Waals surface area (Å²) in [6, 6.07) is 0. The largest absolute Gasteiger partial charge is 0.379 e. The number of rotatable bonds is 23. The van der Waals surface area contributed by atoms with Crippen LogP contribution in [0.1, 0.15) is 58.3 Å². The predicted octanol–water partition coefficient (Wildman–Crippen LogP) is 4.45. The van der Waals surface area contributed by atoms with Crippen LogP contribution in [0.2, 0.25) is 0 Å². The molecule has 0 aromatic heterocycles. The molecular weight excluding hydrogens is 356 g/mol. The first-order valence-corrected chi connectivity index (χ1v) is 10.9. The van der Waals surface area contributed by atoms with E-state index in [9.17, 15) is 0 Å². The molecule has 26 heavy (non-hydrogen) atoms. The van der Waals surface area contributed by atoms with Crippen molar-refractivity contribution in [2.24, 2.45) is 0 Å². The number of unbranched alkanes of at least 4 members (excludes halogenated alkanes) is 6. The van der Waals surface area contributed by atoms with Crippen molar-refractivity contribution in [1.82, 2.24) is 0 Å². The summed E-state index contributed by atoms with van der Waals surface area (Å²) in [4.78, 5) is 0. The minimum Gasteiger partial charge on any atom is -0.379 e. The van der Waals surface area contributed by atoms with E-state index in [1.807, 2.05) is 0 Å². The first kappa shape index (κ1) is 26.1. The van der Waals surface area contributed by atoms with Gasteiger partial charge in [0.05, 0.1) is 52.9 Å². The molecule has 0 aliphatic carbocycles. The second-order valence-corrected chi connectivity index (χ2v) is 6.60. The Kier molecular flexibility index (Phi) is 25.2. The molecule has 0 heterocycles. The van der Waals surface area contributed by atoms with Gasteiger partial charge in [-0.1, -0.05) is 39.0 Å². The maximum atomic E-state index is 5.63. The van der Waals surface area contributed by atoms with Gasteiger partial charge in [-0.15, -0.1) is 11.6 Å². The summed E-state index contributed by atoms with van der Waals surface area (Å²) in [5, 5.41) is 0. The quantitative estimate of drug-likeness (QED) is 0.188. The van der Waals surface area contributed by atoms with Gasteiger partial charge in [-0.3, -0.25) is 0 Å². The lowest BCUT2D eigenvalue weighted by molar-refractivity contribution is -0.0114. The Balaban J connectivity index is 2.95. The third-order valence-corrected chi connectivity index (χ3v) is 4.07. The van der Waals surface area contributed by atoms with E-state index in [-0.39, 0.29) is 0 Å². The van der Waals surface area contributed by atoms with Gasteiger partial charge in [0.25, 0.3) is 0 Å². The van der Waals surface area contributed by atoms with E-state index in [0.717, 1.165) is 38.4 Å². The maximum absolute atomic E-state index is 5.63. The topological polar surface area (TPSA) is 46.2 Å². The molecule has 0 radical (unpaired) electrons. The Labute approximate surface area is 166 Å². The number of hydrogen-bond donors (Lipinski definition) is 0. The highest BCUT2D eigenvalue weighted by molar-refractivity contribution is 6.17. The van der Waals surface area contributed by atoms with Gasteiger partial charge in [-0.2, -0.15) is 0 Å². The highest BCUT2D eigenvalue weighted by Crippen LogP contribution is 2.01. The Hall–Kier alpha value is 0.0900. The molecule has 0 aliphatic rings. The van der Waals surface area contributed by atoms with Crippen molar-refractivity contribution in [1.29, 1.82) is 0 Å². The van der Waals surface area contributed by atoms with Crippen LogP contribution in [0.4, 0.5) is 0 Å². The van der Waals surface area contributed by atoms with Crippen LogP contribution in [0.5, 0.6) is 0 Å². The van der Waals surface area contributed by atoms with Gasteiger partial charge in [0, 0.05) is 19.1 Å². The van der Waals surface area contributed by atoms with Crippen LogP contribution >= 0.6 is 11.6 Å². The molecule has 0 bridgehead atoms. The Morgan fingerprint density at radius 2 is 0.769 bits per heavy atom. The number of halogens is 1. The average Bonchev–Trinajstić information content (AvgIpc) is 2.66. The summed E-state index contributed by atoms with van der Waals surface area (Å²) >= 11 is 5.63. The fourth-order valence-electron chi connectivity index (χ4n) is 2.26. The zero-order valence-corrected chi connectivity index (χ0v) is 17.6. The molecule has 0 spiro atoms. The summed E-state index contributed by atoms with van der Waals surface area (Å²) < 4.78 is 27.4. The molecule has 0 saturated carbocycles. The first-order valence-electron chi connectivity index (χ1n) is 10.4. The van der Waals surface area contributed by atoms with E-state index in [4.69, 9.17) is 35.3 Å². The van der Waals surface area contributed by atoms with Crippen molar-refractivity contribution in [2.75, 3.05) is 71.9 Å². The molecule has 0 amide bonds. The van der Waals surface area contributed by atoms with E-state index in [2.05, 4.69) is 6.92 Å². The van der Waals surface area contributed by atoms with Crippen LogP contribution in [0, 0.1) is 0 Å². The Bertz CT molecular complexity index is 220. The highest BCUT2D eigenvalue weighted by atomic mass is 35.5. The van der Waals surface area contributed by atoms with Crippen LogP contribution in [-0.4, -0.2) is 71.9 Å². The summed E-state index contributed by atoms with van der Waals surface area (Å²) in [6.45, 7) is 8.83. The molecule has 0 N–H and O–H groups in total. The van der Waals surface area contributed by atoms with Crippen molar-refractivity contribution in [2.45, 2.75) is 58.3 Å². The lowest BCUT2D eigenvalue weighted by Gasteiger charge is -2.08. The van der Waals surface area contributed by atoms with Gasteiger partial charge in [0.1, 0.15) is 0 Å². The highest BCUT2D eigenvalue weighted by Gasteiger charge is 1.94. The van der Waals surface area contributed by atoms with E-state index >= 15 is 0 Å². The monoisotopic (exact) mass is 396 g/mol. The van der Waals surface area contributed by atoms with Crippen LogP contribution in [0.25, 0.3) is 0 Å². The maximum Gasteiger partial charge on any atom is 0.0701 e. The third kappa shape index (κ3) is 24.1. The summed E-state index contributed by atoms with van der Waals surface area (Å²) in [5.41, 5.74) is 0. The first-order chi connectivity index (χ1) is 12.9. The van der Waals surface area contributed by atoms with Gasteiger partial charge in [0.2, 0.25) is 0 Å². The zero-order valence-electron chi connectivity index (χ0n) is 16.9. The second kappa shape index (κ2) is 25.1. The lowest BCUT2D eigenvalue weighted by atomic mass is 10.2. The summed E-state index contributed by atoms with van der Waals surface area (Å²) in [7, 11) is 0. The van der Waals surface area contributed by atoms with Crippen molar-refractivity contribution < 1.29 is 23.7 Å². The Morgan fingerprint density at radius 3 is 1.15 bits per heavy atom. The molecule has 158 valence electrons. The molecule has 5 nitrogen and oxygen atoms in total. The van der Waals surface area contributed by atoms with Gasteiger partial charge < -0.3 is 23.7 Å². The smallest absolute Gasteiger partial charge is 0.0701 e. The summed E-state index contributed by atoms with van der Waals surface area (Å²) in [5.74, 6) is 0.760. The number of ether oxygens (including phenoxy) is 5. The molecule has 0 unspecified atom stereocenters. The van der Waals surface area contributed by atoms with Crippen LogP contribution in [0.15, 0.2) is 0 Å². The second-order valence-electron chi connectivity index (χ2n) is 6.23. The van der Waals surface area contributed by atoms with Gasteiger partial charge >= 0.3 is 0 Å². The van der Waals surface area contributed by atoms with Crippen LogP contribution in [0.3, 0.4) is 0 Å². The van der Waals surface area contributed by atoms with Crippen molar-refractivity contribution in [3.05, 3.63) is 0 Å². The summed E-state index contributed by atoms with van der Waals surface area (Å²) in [6.07, 6.45) is 9.55. The van der Waals surface area contributed by atoms with Crippen molar-refractivity contribution in [3.8, 4) is 0 Å². The van der Waals surface area contributed by atoms with Crippen molar-refractivity contribution in [3.63, 3.8) is 0 Å². The fourth-order valence-corrected chi connectivity index (χ4v) is 2.45. The molecule has 6 heteroatoms. The van der Waals surface area contributed by atoms with E-state index < -0.39 is 0 Å². The molecule has 0 aromatic rings. The lowest BCUT2D eigenvalue weighted by Crippen LogP contribution is -2.13. The predicted molar refractivity (Wildman–Crippen MR) is 107 cm³/mol. The third-order valence-electron chi connectivity index (χ3n) is 3.80. The normalized spacial score (nSPS) is 11.3. The molecule has 0 aromatic carbocycles. The molecule has 0 atom stereocenters. The average molecular weight is 397 g/mol. The van der Waals surface area contributed by atoms with E-state index in [0.29, 0.717) is 52.9 Å². The minimum absolute atomic E-state index is 0.593. The zero-order chi connectivity index (χ0) is 19.0. The van der Waals surface area contributed by atoms with E-state index in [1.165, 1.54) is 32.1 Å². The SMILES string of the molecule is CCCCCCOCCOCCOCCOCCOCCCCCCCl. The fraction of sp³-hybridized carbons (Fsp3) is 1.00. The van der Waals surface area contributed by atoms with Gasteiger partial charge in [0.15, 0.2) is 0 Å². The molecule has 0 saturated heterocycles. The van der Waals surface area contributed by atoms with Crippen LogP contribution in [-0.2, 0) is 23.7 Å². The number of alkyl halides is 1. The van der Waals surface area contributed by atoms with Crippen LogP contribution < -0.4 is 0 Å². The van der Waals surface area contributed by atoms with Crippen molar-refractivity contribution >= 4 is 11.6 Å². The minimum atomic E-state index is 0.593. The van der Waals surface area contributed by atoms with Gasteiger partial charge in [-0.05, 0) is 19.3 Å². The standard InChI is InChI=1S/C20H41ClO5/c1-2-3-4-8-11-22-13-15-24-17-19-26-20-18-25-16-14-23-12-9-6-5-7-10-21/h2-20H2,1H3. The Morgan fingerprint density at radius 1 is 0.423 bits per heavy atom. The molecule has 0 rings (SSSR count). The molecular formula is C20H41ClO5. The molecule has 0 aliphatic heterocycles. The number of hydrogen-bond acceptors (Lipinski definition) is 5. The van der Waals surface area contributed by atoms with E-state index in [1.54, 1.807) is 0 Å². The molecule has 0 fully saturated rings.